The quantitative estimate of drug-likeness (QED) is 0.804. The number of likely N-dealkylation sites (N-methyl/N-ethyl adjacent to an activating group) is 1. The second-order valence-corrected chi connectivity index (χ2v) is 5.57. The number of ketones is 1. The van der Waals surface area contributed by atoms with Crippen molar-refractivity contribution in [2.45, 2.75) is 25.9 Å². The Morgan fingerprint density at radius 2 is 2.47 bits per heavy atom. The van der Waals surface area contributed by atoms with Gasteiger partial charge in [0.1, 0.15) is 0 Å². The summed E-state index contributed by atoms with van der Waals surface area (Å²) < 4.78 is 1.86. The minimum Gasteiger partial charge on any atom is -0.298 e. The molecule has 1 aromatic heterocycles. The molecule has 0 amide bonds. The van der Waals surface area contributed by atoms with Crippen molar-refractivity contribution in [1.82, 2.24) is 14.7 Å². The second kappa shape index (κ2) is 5.69. The zero-order chi connectivity index (χ0) is 12.3. The van der Waals surface area contributed by atoms with Crippen molar-refractivity contribution in [3.05, 3.63) is 18.0 Å². The predicted molar refractivity (Wildman–Crippen MR) is 70.4 cm³/mol. The summed E-state index contributed by atoms with van der Waals surface area (Å²) in [7, 11) is 2.04. The smallest absolute Gasteiger partial charge is 0.155 e. The number of aryl methyl sites for hydroxylation is 1. The molecule has 1 unspecified atom stereocenters. The molecule has 17 heavy (non-hydrogen) atoms. The molecule has 2 rings (SSSR count). The molecule has 1 aliphatic rings. The molecule has 0 N–H and O–H groups in total. The van der Waals surface area contributed by atoms with Crippen molar-refractivity contribution in [3.63, 3.8) is 0 Å². The molecule has 1 aliphatic heterocycles. The second-order valence-electron chi connectivity index (χ2n) is 4.42. The number of thioether (sulfide) groups is 1. The van der Waals surface area contributed by atoms with Crippen LogP contribution in [0.5, 0.6) is 0 Å². The Hall–Kier alpha value is -0.810. The van der Waals surface area contributed by atoms with Gasteiger partial charge in [0, 0.05) is 37.2 Å². The topological polar surface area (TPSA) is 38.1 Å². The number of aromatic nitrogens is 2. The van der Waals surface area contributed by atoms with Crippen molar-refractivity contribution in [2.24, 2.45) is 0 Å². The van der Waals surface area contributed by atoms with Gasteiger partial charge in [0.05, 0.1) is 12.2 Å². The summed E-state index contributed by atoms with van der Waals surface area (Å²) in [5.74, 6) is 2.38. The molecular weight excluding hydrogens is 234 g/mol. The number of Topliss-reactive ketones (excluding diaryl/α,β-unsaturated/α-hetero) is 1. The molecule has 0 aromatic carbocycles. The number of hydrogen-bond acceptors (Lipinski definition) is 4. The predicted octanol–water partition coefficient (Wildman–Crippen LogP) is 1.06. The molecule has 1 saturated heterocycles. The SMILES string of the molecule is CCn1cc(CC(=O)C2CSCCN2C)cn1. The Labute approximate surface area is 106 Å². The molecule has 4 nitrogen and oxygen atoms in total. The van der Waals surface area contributed by atoms with E-state index < -0.39 is 0 Å². The van der Waals surface area contributed by atoms with Crippen molar-refractivity contribution in [1.29, 1.82) is 0 Å². The van der Waals surface area contributed by atoms with E-state index in [9.17, 15) is 4.79 Å². The zero-order valence-electron chi connectivity index (χ0n) is 10.4. The monoisotopic (exact) mass is 253 g/mol. The minimum atomic E-state index is 0.0822. The summed E-state index contributed by atoms with van der Waals surface area (Å²) in [4.78, 5) is 14.4. The first-order chi connectivity index (χ1) is 8.20. The van der Waals surface area contributed by atoms with E-state index in [1.165, 1.54) is 0 Å². The van der Waals surface area contributed by atoms with Gasteiger partial charge in [-0.15, -0.1) is 0 Å². The van der Waals surface area contributed by atoms with Crippen molar-refractivity contribution >= 4 is 17.5 Å². The van der Waals surface area contributed by atoms with E-state index in [-0.39, 0.29) is 6.04 Å². The standard InChI is InChI=1S/C12H19N3OS/c1-3-15-8-10(7-13-15)6-12(16)11-9-17-5-4-14(11)2/h7-8,11H,3-6,9H2,1-2H3. The third-order valence-corrected chi connectivity index (χ3v) is 4.18. The van der Waals surface area contributed by atoms with Crippen LogP contribution < -0.4 is 0 Å². The first kappa shape index (κ1) is 12.6. The van der Waals surface area contributed by atoms with Gasteiger partial charge in [-0.25, -0.2) is 0 Å². The molecule has 5 heteroatoms. The molecule has 2 heterocycles. The van der Waals surface area contributed by atoms with E-state index in [1.807, 2.05) is 36.6 Å². The van der Waals surface area contributed by atoms with Gasteiger partial charge in [-0.05, 0) is 19.5 Å². The maximum Gasteiger partial charge on any atom is 0.155 e. The Kier molecular flexibility index (Phi) is 4.23. The Bertz CT molecular complexity index is 391. The molecule has 0 saturated carbocycles. The molecule has 94 valence electrons. The average Bonchev–Trinajstić information content (AvgIpc) is 2.77. The Morgan fingerprint density at radius 3 is 3.12 bits per heavy atom. The van der Waals surface area contributed by atoms with Crippen LogP contribution in [-0.4, -0.2) is 51.6 Å². The van der Waals surface area contributed by atoms with Crippen LogP contribution in [0.2, 0.25) is 0 Å². The third-order valence-electron chi connectivity index (χ3n) is 3.16. The molecule has 0 aliphatic carbocycles. The summed E-state index contributed by atoms with van der Waals surface area (Å²) in [5, 5.41) is 4.20. The van der Waals surface area contributed by atoms with E-state index in [4.69, 9.17) is 0 Å². The fourth-order valence-electron chi connectivity index (χ4n) is 2.01. The van der Waals surface area contributed by atoms with Gasteiger partial charge >= 0.3 is 0 Å². The summed E-state index contributed by atoms with van der Waals surface area (Å²) in [6, 6.07) is 0.0822. The van der Waals surface area contributed by atoms with Crippen LogP contribution in [0.25, 0.3) is 0 Å². The van der Waals surface area contributed by atoms with Crippen LogP contribution >= 0.6 is 11.8 Å². The van der Waals surface area contributed by atoms with Crippen molar-refractivity contribution in [2.75, 3.05) is 25.1 Å². The maximum atomic E-state index is 12.2. The highest BCUT2D eigenvalue weighted by Crippen LogP contribution is 2.16. The summed E-state index contributed by atoms with van der Waals surface area (Å²) >= 11 is 1.87. The van der Waals surface area contributed by atoms with Crippen LogP contribution in [0, 0.1) is 0 Å². The normalized spacial score (nSPS) is 21.6. The van der Waals surface area contributed by atoms with Gasteiger partial charge in [0.15, 0.2) is 5.78 Å². The van der Waals surface area contributed by atoms with Gasteiger partial charge in [-0.3, -0.25) is 14.4 Å². The lowest BCUT2D eigenvalue weighted by Crippen LogP contribution is -2.45. The number of carbonyl (C=O) groups is 1. The first-order valence-electron chi connectivity index (χ1n) is 6.02. The van der Waals surface area contributed by atoms with E-state index in [1.54, 1.807) is 6.20 Å². The highest BCUT2D eigenvalue weighted by atomic mass is 32.2. The van der Waals surface area contributed by atoms with Gasteiger partial charge < -0.3 is 0 Å². The van der Waals surface area contributed by atoms with Crippen LogP contribution in [0.4, 0.5) is 0 Å². The largest absolute Gasteiger partial charge is 0.298 e. The Morgan fingerprint density at radius 1 is 1.65 bits per heavy atom. The molecule has 0 radical (unpaired) electrons. The van der Waals surface area contributed by atoms with Crippen LogP contribution in [0.3, 0.4) is 0 Å². The lowest BCUT2D eigenvalue weighted by Gasteiger charge is -2.30. The molecule has 0 spiro atoms. The van der Waals surface area contributed by atoms with Crippen LogP contribution in [-0.2, 0) is 17.8 Å². The van der Waals surface area contributed by atoms with Crippen LogP contribution in [0.15, 0.2) is 12.4 Å². The summed E-state index contributed by atoms with van der Waals surface area (Å²) in [5.41, 5.74) is 1.03. The van der Waals surface area contributed by atoms with Gasteiger partial charge in [0.2, 0.25) is 0 Å². The van der Waals surface area contributed by atoms with E-state index in [2.05, 4.69) is 10.00 Å². The van der Waals surface area contributed by atoms with Crippen molar-refractivity contribution in [3.8, 4) is 0 Å². The summed E-state index contributed by atoms with van der Waals surface area (Å²) in [6.07, 6.45) is 4.28. The van der Waals surface area contributed by atoms with Crippen molar-refractivity contribution < 1.29 is 4.79 Å². The summed E-state index contributed by atoms with van der Waals surface area (Å²) in [6.45, 7) is 3.91. The number of rotatable bonds is 4. The van der Waals surface area contributed by atoms with E-state index in [0.29, 0.717) is 12.2 Å². The van der Waals surface area contributed by atoms with Gasteiger partial charge in [0.25, 0.3) is 0 Å². The fourth-order valence-corrected chi connectivity index (χ4v) is 3.26. The van der Waals surface area contributed by atoms with Gasteiger partial charge in [-0.2, -0.15) is 16.9 Å². The molecular formula is C12H19N3OS. The average molecular weight is 253 g/mol. The molecule has 1 fully saturated rings. The van der Waals surface area contributed by atoms with E-state index in [0.717, 1.165) is 30.2 Å². The fraction of sp³-hybridized carbons (Fsp3) is 0.667. The highest BCUT2D eigenvalue weighted by Gasteiger charge is 2.26. The van der Waals surface area contributed by atoms with Gasteiger partial charge in [-0.1, -0.05) is 0 Å². The molecule has 1 aromatic rings. The lowest BCUT2D eigenvalue weighted by molar-refractivity contribution is -0.122. The lowest BCUT2D eigenvalue weighted by atomic mass is 10.1. The number of carbonyl (C=O) groups excluding carboxylic acids is 1. The molecule has 0 bridgehead atoms. The molecule has 1 atom stereocenters. The van der Waals surface area contributed by atoms with E-state index >= 15 is 0 Å². The Balaban J connectivity index is 1.95. The third kappa shape index (κ3) is 3.10. The first-order valence-corrected chi connectivity index (χ1v) is 7.18. The zero-order valence-corrected chi connectivity index (χ0v) is 11.2. The number of nitrogens with zero attached hydrogens (tertiary/aromatic N) is 3. The maximum absolute atomic E-state index is 12.2. The highest BCUT2D eigenvalue weighted by molar-refractivity contribution is 7.99. The minimum absolute atomic E-state index is 0.0822. The number of hydrogen-bond donors (Lipinski definition) is 0. The van der Waals surface area contributed by atoms with Crippen LogP contribution in [0.1, 0.15) is 12.5 Å².